The second-order valence-corrected chi connectivity index (χ2v) is 4.54. The first-order valence-corrected chi connectivity index (χ1v) is 6.31. The van der Waals surface area contributed by atoms with Crippen LogP contribution in [0.15, 0.2) is 24.8 Å². The minimum absolute atomic E-state index is 0.192. The molecule has 3 heteroatoms. The maximum absolute atomic E-state index is 12.1. The van der Waals surface area contributed by atoms with E-state index in [0.717, 1.165) is 42.8 Å². The third-order valence-corrected chi connectivity index (χ3v) is 3.35. The summed E-state index contributed by atoms with van der Waals surface area (Å²) in [4.78, 5) is 14.0. The van der Waals surface area contributed by atoms with E-state index in [-0.39, 0.29) is 5.91 Å². The van der Waals surface area contributed by atoms with Crippen LogP contribution in [0.3, 0.4) is 0 Å². The van der Waals surface area contributed by atoms with Crippen LogP contribution in [-0.2, 0) is 11.2 Å². The van der Waals surface area contributed by atoms with Gasteiger partial charge in [-0.15, -0.1) is 0 Å². The van der Waals surface area contributed by atoms with Gasteiger partial charge in [-0.3, -0.25) is 4.79 Å². The van der Waals surface area contributed by atoms with Crippen molar-refractivity contribution in [1.29, 1.82) is 0 Å². The Morgan fingerprint density at radius 2 is 2.17 bits per heavy atom. The molecule has 96 valence electrons. The van der Waals surface area contributed by atoms with Crippen molar-refractivity contribution in [3.8, 4) is 5.75 Å². The van der Waals surface area contributed by atoms with Crippen molar-refractivity contribution in [2.75, 3.05) is 20.2 Å². The third kappa shape index (κ3) is 2.73. The molecular formula is C15H19NO2. The summed E-state index contributed by atoms with van der Waals surface area (Å²) in [7, 11) is 1.63. The van der Waals surface area contributed by atoms with Gasteiger partial charge in [0.15, 0.2) is 0 Å². The summed E-state index contributed by atoms with van der Waals surface area (Å²) in [5, 5.41) is 0. The SMILES string of the molecule is C=Cc1ccc(CC(=O)N2CCCC2)c(OC)c1. The number of hydrogen-bond acceptors (Lipinski definition) is 2. The van der Waals surface area contributed by atoms with E-state index < -0.39 is 0 Å². The van der Waals surface area contributed by atoms with Crippen molar-refractivity contribution in [3.05, 3.63) is 35.9 Å². The largest absolute Gasteiger partial charge is 0.496 e. The first kappa shape index (κ1) is 12.7. The minimum atomic E-state index is 0.192. The normalized spacial score (nSPS) is 14.6. The first-order valence-electron chi connectivity index (χ1n) is 6.31. The molecule has 0 spiro atoms. The van der Waals surface area contributed by atoms with E-state index in [0.29, 0.717) is 6.42 Å². The van der Waals surface area contributed by atoms with Gasteiger partial charge >= 0.3 is 0 Å². The molecule has 0 saturated carbocycles. The molecule has 1 aromatic rings. The number of likely N-dealkylation sites (tertiary alicyclic amines) is 1. The highest BCUT2D eigenvalue weighted by Crippen LogP contribution is 2.22. The lowest BCUT2D eigenvalue weighted by atomic mass is 10.1. The van der Waals surface area contributed by atoms with Crippen LogP contribution in [0, 0.1) is 0 Å². The molecule has 1 aromatic carbocycles. The summed E-state index contributed by atoms with van der Waals surface area (Å²) in [5.41, 5.74) is 1.95. The predicted molar refractivity (Wildman–Crippen MR) is 72.6 cm³/mol. The molecular weight excluding hydrogens is 226 g/mol. The van der Waals surface area contributed by atoms with E-state index in [1.165, 1.54) is 0 Å². The van der Waals surface area contributed by atoms with Crippen molar-refractivity contribution in [2.24, 2.45) is 0 Å². The summed E-state index contributed by atoms with van der Waals surface area (Å²) in [5.74, 6) is 0.956. The zero-order valence-electron chi connectivity index (χ0n) is 10.8. The van der Waals surface area contributed by atoms with Crippen molar-refractivity contribution in [3.63, 3.8) is 0 Å². The molecule has 18 heavy (non-hydrogen) atoms. The monoisotopic (exact) mass is 245 g/mol. The molecule has 1 saturated heterocycles. The van der Waals surface area contributed by atoms with Crippen molar-refractivity contribution in [2.45, 2.75) is 19.3 Å². The van der Waals surface area contributed by atoms with Crippen LogP contribution in [-0.4, -0.2) is 31.0 Å². The fraction of sp³-hybridized carbons (Fsp3) is 0.400. The molecule has 3 nitrogen and oxygen atoms in total. The molecule has 1 fully saturated rings. The highest BCUT2D eigenvalue weighted by Gasteiger charge is 2.19. The zero-order valence-corrected chi connectivity index (χ0v) is 10.8. The predicted octanol–water partition coefficient (Wildman–Crippen LogP) is 2.50. The topological polar surface area (TPSA) is 29.5 Å². The Hall–Kier alpha value is -1.77. The maximum atomic E-state index is 12.1. The van der Waals surface area contributed by atoms with Crippen LogP contribution < -0.4 is 4.74 Å². The Morgan fingerprint density at radius 3 is 2.78 bits per heavy atom. The fourth-order valence-corrected chi connectivity index (χ4v) is 2.28. The van der Waals surface area contributed by atoms with E-state index in [1.54, 1.807) is 13.2 Å². The Labute approximate surface area is 108 Å². The molecule has 1 amide bonds. The van der Waals surface area contributed by atoms with E-state index in [2.05, 4.69) is 6.58 Å². The molecule has 0 aliphatic carbocycles. The lowest BCUT2D eigenvalue weighted by molar-refractivity contribution is -0.129. The molecule has 1 aliphatic rings. The van der Waals surface area contributed by atoms with Gasteiger partial charge in [0, 0.05) is 18.7 Å². The van der Waals surface area contributed by atoms with E-state index >= 15 is 0 Å². The van der Waals surface area contributed by atoms with Gasteiger partial charge in [-0.1, -0.05) is 24.8 Å². The standard InChI is InChI=1S/C15H19NO2/c1-3-12-6-7-13(14(10-12)18-2)11-15(17)16-8-4-5-9-16/h3,6-7,10H,1,4-5,8-9,11H2,2H3. The quantitative estimate of drug-likeness (QED) is 0.815. The summed E-state index contributed by atoms with van der Waals surface area (Å²) in [6.45, 7) is 5.52. The molecule has 0 bridgehead atoms. The Bertz CT molecular complexity index is 448. The molecule has 0 atom stereocenters. The van der Waals surface area contributed by atoms with Gasteiger partial charge in [0.1, 0.15) is 5.75 Å². The van der Waals surface area contributed by atoms with Crippen LogP contribution in [0.1, 0.15) is 24.0 Å². The van der Waals surface area contributed by atoms with Crippen LogP contribution in [0.5, 0.6) is 5.75 Å². The summed E-state index contributed by atoms with van der Waals surface area (Å²) >= 11 is 0. The number of carbonyl (C=O) groups excluding carboxylic acids is 1. The fourth-order valence-electron chi connectivity index (χ4n) is 2.28. The van der Waals surface area contributed by atoms with Gasteiger partial charge in [-0.2, -0.15) is 0 Å². The van der Waals surface area contributed by atoms with E-state index in [9.17, 15) is 4.79 Å². The van der Waals surface area contributed by atoms with Crippen molar-refractivity contribution >= 4 is 12.0 Å². The smallest absolute Gasteiger partial charge is 0.227 e. The van der Waals surface area contributed by atoms with Crippen LogP contribution >= 0.6 is 0 Å². The number of rotatable bonds is 4. The van der Waals surface area contributed by atoms with Gasteiger partial charge in [0.05, 0.1) is 13.5 Å². The zero-order chi connectivity index (χ0) is 13.0. The molecule has 2 rings (SSSR count). The average Bonchev–Trinajstić information content (AvgIpc) is 2.93. The number of methoxy groups -OCH3 is 1. The number of nitrogens with zero attached hydrogens (tertiary/aromatic N) is 1. The van der Waals surface area contributed by atoms with E-state index in [4.69, 9.17) is 4.74 Å². The van der Waals surface area contributed by atoms with Crippen molar-refractivity contribution < 1.29 is 9.53 Å². The average molecular weight is 245 g/mol. The maximum Gasteiger partial charge on any atom is 0.227 e. The van der Waals surface area contributed by atoms with Gasteiger partial charge in [0.2, 0.25) is 5.91 Å². The lowest BCUT2D eigenvalue weighted by Crippen LogP contribution is -2.29. The summed E-state index contributed by atoms with van der Waals surface area (Å²) < 4.78 is 5.33. The molecule has 0 aromatic heterocycles. The summed E-state index contributed by atoms with van der Waals surface area (Å²) in [6.07, 6.45) is 4.44. The number of carbonyl (C=O) groups is 1. The van der Waals surface area contributed by atoms with Gasteiger partial charge in [0.25, 0.3) is 0 Å². The number of benzene rings is 1. The molecule has 1 aliphatic heterocycles. The van der Waals surface area contributed by atoms with Crippen LogP contribution in [0.2, 0.25) is 0 Å². The second-order valence-electron chi connectivity index (χ2n) is 4.54. The number of ether oxygens (including phenoxy) is 1. The first-order chi connectivity index (χ1) is 8.74. The van der Waals surface area contributed by atoms with Gasteiger partial charge in [-0.25, -0.2) is 0 Å². The third-order valence-electron chi connectivity index (χ3n) is 3.35. The molecule has 0 radical (unpaired) electrons. The van der Waals surface area contributed by atoms with Gasteiger partial charge in [-0.05, 0) is 24.5 Å². The highest BCUT2D eigenvalue weighted by molar-refractivity contribution is 5.80. The molecule has 0 N–H and O–H groups in total. The summed E-state index contributed by atoms with van der Waals surface area (Å²) in [6, 6.07) is 5.82. The molecule has 1 heterocycles. The second kappa shape index (κ2) is 5.71. The van der Waals surface area contributed by atoms with Crippen LogP contribution in [0.25, 0.3) is 6.08 Å². The number of hydrogen-bond donors (Lipinski definition) is 0. The van der Waals surface area contributed by atoms with Gasteiger partial charge < -0.3 is 9.64 Å². The Balaban J connectivity index is 2.12. The molecule has 0 unspecified atom stereocenters. The highest BCUT2D eigenvalue weighted by atomic mass is 16.5. The Morgan fingerprint density at radius 1 is 1.44 bits per heavy atom. The van der Waals surface area contributed by atoms with Crippen molar-refractivity contribution in [1.82, 2.24) is 4.90 Å². The van der Waals surface area contributed by atoms with Crippen LogP contribution in [0.4, 0.5) is 0 Å². The lowest BCUT2D eigenvalue weighted by Gasteiger charge is -2.16. The number of amides is 1. The van der Waals surface area contributed by atoms with E-state index in [1.807, 2.05) is 23.1 Å². The minimum Gasteiger partial charge on any atom is -0.496 e. The Kier molecular flexibility index (Phi) is 4.03.